The van der Waals surface area contributed by atoms with E-state index in [1.165, 1.54) is 83.5 Å². The van der Waals surface area contributed by atoms with Crippen molar-refractivity contribution in [2.75, 3.05) is 4.90 Å². The van der Waals surface area contributed by atoms with Gasteiger partial charge in [-0.05, 0) is 140 Å². The molecular formula is C78H65N. The van der Waals surface area contributed by atoms with Crippen LogP contribution >= 0.6 is 0 Å². The van der Waals surface area contributed by atoms with Crippen molar-refractivity contribution in [3.63, 3.8) is 0 Å². The Hall–Kier alpha value is -9.56. The van der Waals surface area contributed by atoms with Crippen molar-refractivity contribution in [2.24, 2.45) is 0 Å². The normalized spacial score (nSPS) is 11.7. The predicted octanol–water partition coefficient (Wildman–Crippen LogP) is 20.5. The first-order valence-electron chi connectivity index (χ1n) is 27.7. The van der Waals surface area contributed by atoms with Crippen molar-refractivity contribution in [2.45, 2.75) is 38.0 Å². The SMILES string of the molecule is Cc1ccccc1.c1ccc(CC(c2ccccc2)c2ccc(-c3ccc(Cc4ccc(-c5ccc(C(Cc6ccc(-c7ccc(N(c8ccccc8)c8ccccc8)cc7)cc6)c6ccccc6)cc5)cc4)cc3)cc2)cc1. The van der Waals surface area contributed by atoms with Gasteiger partial charge >= 0.3 is 0 Å². The molecule has 0 bridgehead atoms. The third-order valence-corrected chi connectivity index (χ3v) is 15.1. The van der Waals surface area contributed by atoms with Crippen LogP contribution < -0.4 is 4.90 Å². The van der Waals surface area contributed by atoms with Gasteiger partial charge in [-0.3, -0.25) is 0 Å². The average molecular weight is 1020 g/mol. The van der Waals surface area contributed by atoms with E-state index in [-0.39, 0.29) is 5.92 Å². The molecule has 0 saturated carbocycles. The van der Waals surface area contributed by atoms with E-state index >= 15 is 0 Å². The molecule has 1 heteroatoms. The second-order valence-corrected chi connectivity index (χ2v) is 20.5. The van der Waals surface area contributed by atoms with Gasteiger partial charge in [0.15, 0.2) is 0 Å². The first-order valence-corrected chi connectivity index (χ1v) is 27.7. The fraction of sp³-hybridized carbons (Fsp3) is 0.0769. The highest BCUT2D eigenvalue weighted by atomic mass is 15.1. The Balaban J connectivity index is 0.000000876. The molecule has 0 N–H and O–H groups in total. The number of nitrogens with zero attached hydrogens (tertiary/aromatic N) is 1. The summed E-state index contributed by atoms with van der Waals surface area (Å²) in [4.78, 5) is 2.30. The first kappa shape index (κ1) is 51.5. The number of para-hydroxylation sites is 2. The number of benzene rings is 12. The molecule has 12 aromatic rings. The minimum Gasteiger partial charge on any atom is -0.311 e. The van der Waals surface area contributed by atoms with Crippen LogP contribution in [0.1, 0.15) is 61.9 Å². The van der Waals surface area contributed by atoms with Crippen LogP contribution in [0, 0.1) is 6.92 Å². The first-order chi connectivity index (χ1) is 39.1. The largest absolute Gasteiger partial charge is 0.311 e. The van der Waals surface area contributed by atoms with E-state index in [1.54, 1.807) is 0 Å². The van der Waals surface area contributed by atoms with Gasteiger partial charge in [0.05, 0.1) is 0 Å². The number of rotatable bonds is 16. The summed E-state index contributed by atoms with van der Waals surface area (Å²) in [7, 11) is 0. The fourth-order valence-electron chi connectivity index (χ4n) is 10.8. The van der Waals surface area contributed by atoms with E-state index in [2.05, 4.69) is 321 Å². The summed E-state index contributed by atoms with van der Waals surface area (Å²) in [5.74, 6) is 0.539. The molecule has 79 heavy (non-hydrogen) atoms. The highest BCUT2D eigenvalue weighted by Gasteiger charge is 2.18. The molecule has 0 spiro atoms. The highest BCUT2D eigenvalue weighted by molar-refractivity contribution is 5.78. The van der Waals surface area contributed by atoms with E-state index in [9.17, 15) is 0 Å². The van der Waals surface area contributed by atoms with Gasteiger partial charge in [-0.25, -0.2) is 0 Å². The maximum atomic E-state index is 2.33. The minimum absolute atomic E-state index is 0.234. The van der Waals surface area contributed by atoms with Crippen LogP contribution in [0.25, 0.3) is 33.4 Å². The molecule has 0 amide bonds. The summed E-state index contributed by atoms with van der Waals surface area (Å²) >= 11 is 0. The molecule has 0 fully saturated rings. The van der Waals surface area contributed by atoms with E-state index in [4.69, 9.17) is 0 Å². The maximum Gasteiger partial charge on any atom is 0.0462 e. The third kappa shape index (κ3) is 13.3. The van der Waals surface area contributed by atoms with Crippen LogP contribution in [-0.2, 0) is 19.3 Å². The Morgan fingerprint density at radius 3 is 0.823 bits per heavy atom. The zero-order chi connectivity index (χ0) is 53.4. The van der Waals surface area contributed by atoms with Gasteiger partial charge < -0.3 is 4.90 Å². The number of hydrogen-bond acceptors (Lipinski definition) is 1. The molecule has 0 radical (unpaired) electrons. The van der Waals surface area contributed by atoms with Crippen molar-refractivity contribution in [3.05, 3.63) is 378 Å². The predicted molar refractivity (Wildman–Crippen MR) is 335 cm³/mol. The van der Waals surface area contributed by atoms with Crippen molar-refractivity contribution >= 4 is 17.1 Å². The van der Waals surface area contributed by atoms with Crippen LogP contribution in [0.5, 0.6) is 0 Å². The summed E-state index contributed by atoms with van der Waals surface area (Å²) in [5.41, 5.74) is 22.7. The standard InChI is InChI=1S/C71H57N.C7H8/c1-6-16-53(17-7-1)51-70(63-18-8-2-9-19-63)65-42-38-60(39-43-65)57-32-26-54(27-33-57)50-55-28-34-58(35-29-55)61-40-44-66(45-41-61)71(64-20-10-3-11-21-64)52-56-30-36-59(37-31-56)62-46-48-69(49-47-62)72(67-22-12-4-13-23-67)68-24-14-5-15-25-68;1-7-5-3-2-4-6-7/h1-49,70-71H,50-52H2;2-6H,1H3. The molecule has 0 aliphatic carbocycles. The lowest BCUT2D eigenvalue weighted by molar-refractivity contribution is 0.805. The number of hydrogen-bond donors (Lipinski definition) is 0. The lowest BCUT2D eigenvalue weighted by Crippen LogP contribution is -2.09. The van der Waals surface area contributed by atoms with Crippen molar-refractivity contribution in [1.29, 1.82) is 0 Å². The Morgan fingerprint density at radius 1 is 0.228 bits per heavy atom. The van der Waals surface area contributed by atoms with Gasteiger partial charge in [-0.1, -0.05) is 297 Å². The van der Waals surface area contributed by atoms with Gasteiger partial charge in [-0.15, -0.1) is 0 Å². The third-order valence-electron chi connectivity index (χ3n) is 15.1. The Morgan fingerprint density at radius 2 is 0.481 bits per heavy atom. The molecule has 2 atom stereocenters. The molecule has 12 rings (SSSR count). The Labute approximate surface area is 468 Å². The van der Waals surface area contributed by atoms with Crippen molar-refractivity contribution < 1.29 is 0 Å². The van der Waals surface area contributed by atoms with Gasteiger partial charge in [-0.2, -0.15) is 0 Å². The molecule has 0 heterocycles. The van der Waals surface area contributed by atoms with Crippen LogP contribution in [0.15, 0.2) is 328 Å². The van der Waals surface area contributed by atoms with Crippen LogP contribution in [0.3, 0.4) is 0 Å². The Bertz CT molecular complexity index is 3670. The molecular weight excluding hydrogens is 951 g/mol. The van der Waals surface area contributed by atoms with E-state index in [0.717, 1.165) is 36.3 Å². The molecule has 0 aliphatic rings. The summed E-state index contributed by atoms with van der Waals surface area (Å²) < 4.78 is 0. The molecule has 12 aromatic carbocycles. The molecule has 0 saturated heterocycles. The van der Waals surface area contributed by atoms with Gasteiger partial charge in [0, 0.05) is 28.9 Å². The van der Waals surface area contributed by atoms with Crippen molar-refractivity contribution in [1.82, 2.24) is 0 Å². The lowest BCUT2D eigenvalue weighted by Gasteiger charge is -2.25. The molecule has 2 unspecified atom stereocenters. The van der Waals surface area contributed by atoms with Crippen LogP contribution in [0.2, 0.25) is 0 Å². The number of aryl methyl sites for hydroxylation is 1. The summed E-state index contributed by atoms with van der Waals surface area (Å²) in [5, 5.41) is 0. The van der Waals surface area contributed by atoms with E-state index < -0.39 is 0 Å². The van der Waals surface area contributed by atoms with E-state index in [1.807, 2.05) is 18.2 Å². The zero-order valence-electron chi connectivity index (χ0n) is 44.9. The Kier molecular flexibility index (Phi) is 16.7. The fourth-order valence-corrected chi connectivity index (χ4v) is 10.8. The minimum atomic E-state index is 0.234. The monoisotopic (exact) mass is 1020 g/mol. The van der Waals surface area contributed by atoms with Gasteiger partial charge in [0.2, 0.25) is 0 Å². The second-order valence-electron chi connectivity index (χ2n) is 20.5. The highest BCUT2D eigenvalue weighted by Crippen LogP contribution is 2.37. The average Bonchev–Trinajstić information content (AvgIpc) is 3.52. The maximum absolute atomic E-state index is 2.33. The van der Waals surface area contributed by atoms with Gasteiger partial charge in [0.25, 0.3) is 0 Å². The zero-order valence-corrected chi connectivity index (χ0v) is 44.9. The van der Waals surface area contributed by atoms with Crippen LogP contribution in [-0.4, -0.2) is 0 Å². The summed E-state index contributed by atoms with van der Waals surface area (Å²) in [6.45, 7) is 2.08. The van der Waals surface area contributed by atoms with Gasteiger partial charge in [0.1, 0.15) is 0 Å². The molecule has 382 valence electrons. The molecule has 0 aliphatic heterocycles. The number of anilines is 3. The smallest absolute Gasteiger partial charge is 0.0462 e. The quantitative estimate of drug-likeness (QED) is 0.0932. The second kappa shape index (κ2) is 25.5. The topological polar surface area (TPSA) is 3.24 Å². The summed E-state index contributed by atoms with van der Waals surface area (Å²) in [6, 6.07) is 119. The van der Waals surface area contributed by atoms with Crippen molar-refractivity contribution in [3.8, 4) is 33.4 Å². The molecule has 0 aromatic heterocycles. The lowest BCUT2D eigenvalue weighted by atomic mass is 9.85. The van der Waals surface area contributed by atoms with Crippen LogP contribution in [0.4, 0.5) is 17.1 Å². The summed E-state index contributed by atoms with van der Waals surface area (Å²) in [6.07, 6.45) is 2.78. The molecule has 1 nitrogen and oxygen atoms in total. The van der Waals surface area contributed by atoms with E-state index in [0.29, 0.717) is 5.92 Å².